The third kappa shape index (κ3) is 3.96. The van der Waals surface area contributed by atoms with Gasteiger partial charge in [-0.2, -0.15) is 5.10 Å². The standard InChI is InChI=1S/C22H23N3O3/c1-4-25-22(27)21(23-17-12-9-13-18(14-17)28-5-2)19(15(3)26)20(24-25)16-10-7-6-8-11-16/h6-14,23H,4-5H2,1-3H3. The molecule has 0 saturated heterocycles. The second kappa shape index (κ2) is 8.52. The summed E-state index contributed by atoms with van der Waals surface area (Å²) in [5, 5.41) is 7.58. The summed E-state index contributed by atoms with van der Waals surface area (Å²) in [5.41, 5.74) is 2.09. The predicted octanol–water partition coefficient (Wildman–Crippen LogP) is 4.28. The van der Waals surface area contributed by atoms with Crippen LogP contribution in [-0.2, 0) is 6.54 Å². The Morgan fingerprint density at radius 3 is 2.50 bits per heavy atom. The van der Waals surface area contributed by atoms with Gasteiger partial charge >= 0.3 is 0 Å². The van der Waals surface area contributed by atoms with Gasteiger partial charge < -0.3 is 10.1 Å². The number of carbonyl (C=O) groups is 1. The smallest absolute Gasteiger partial charge is 0.291 e. The molecule has 6 heteroatoms. The molecule has 144 valence electrons. The van der Waals surface area contributed by atoms with Crippen molar-refractivity contribution >= 4 is 17.2 Å². The van der Waals surface area contributed by atoms with Gasteiger partial charge in [-0.15, -0.1) is 0 Å². The van der Waals surface area contributed by atoms with Crippen LogP contribution in [0.25, 0.3) is 11.3 Å². The summed E-state index contributed by atoms with van der Waals surface area (Å²) < 4.78 is 6.89. The first-order chi connectivity index (χ1) is 13.5. The summed E-state index contributed by atoms with van der Waals surface area (Å²) in [5.74, 6) is 0.459. The minimum Gasteiger partial charge on any atom is -0.494 e. The Labute approximate surface area is 163 Å². The zero-order chi connectivity index (χ0) is 20.1. The Morgan fingerprint density at radius 1 is 1.11 bits per heavy atom. The number of carbonyl (C=O) groups excluding carboxylic acids is 1. The maximum Gasteiger partial charge on any atom is 0.291 e. The van der Waals surface area contributed by atoms with Gasteiger partial charge in [0.05, 0.1) is 12.2 Å². The molecule has 0 saturated carbocycles. The molecular weight excluding hydrogens is 354 g/mol. The molecule has 0 amide bonds. The molecular formula is C22H23N3O3. The molecule has 3 rings (SSSR count). The van der Waals surface area contributed by atoms with E-state index in [0.29, 0.717) is 30.3 Å². The molecule has 0 aliphatic carbocycles. The van der Waals surface area contributed by atoms with Crippen LogP contribution in [0.3, 0.4) is 0 Å². The average molecular weight is 377 g/mol. The first-order valence-corrected chi connectivity index (χ1v) is 9.26. The van der Waals surface area contributed by atoms with Gasteiger partial charge in [-0.05, 0) is 32.9 Å². The summed E-state index contributed by atoms with van der Waals surface area (Å²) in [4.78, 5) is 25.5. The van der Waals surface area contributed by atoms with E-state index in [2.05, 4.69) is 10.4 Å². The van der Waals surface area contributed by atoms with Crippen molar-refractivity contribution in [3.8, 4) is 17.0 Å². The SMILES string of the molecule is CCOc1cccc(Nc2c(C(C)=O)c(-c3ccccc3)nn(CC)c2=O)c1. The fourth-order valence-corrected chi connectivity index (χ4v) is 3.02. The molecule has 0 aliphatic rings. The Hall–Kier alpha value is -3.41. The van der Waals surface area contributed by atoms with E-state index in [-0.39, 0.29) is 22.6 Å². The van der Waals surface area contributed by atoms with Crippen molar-refractivity contribution in [3.63, 3.8) is 0 Å². The third-order valence-corrected chi connectivity index (χ3v) is 4.27. The summed E-state index contributed by atoms with van der Waals surface area (Å²) in [6, 6.07) is 16.7. The Morgan fingerprint density at radius 2 is 1.86 bits per heavy atom. The Kier molecular flexibility index (Phi) is 5.89. The van der Waals surface area contributed by atoms with E-state index >= 15 is 0 Å². The summed E-state index contributed by atoms with van der Waals surface area (Å²) >= 11 is 0. The maximum atomic E-state index is 13.0. The highest BCUT2D eigenvalue weighted by atomic mass is 16.5. The number of hydrogen-bond acceptors (Lipinski definition) is 5. The number of nitrogens with zero attached hydrogens (tertiary/aromatic N) is 2. The zero-order valence-corrected chi connectivity index (χ0v) is 16.2. The van der Waals surface area contributed by atoms with Crippen LogP contribution in [0.1, 0.15) is 31.1 Å². The largest absolute Gasteiger partial charge is 0.494 e. The zero-order valence-electron chi connectivity index (χ0n) is 16.2. The first-order valence-electron chi connectivity index (χ1n) is 9.26. The number of rotatable bonds is 7. The van der Waals surface area contributed by atoms with Crippen LogP contribution in [0.15, 0.2) is 59.4 Å². The number of aromatic nitrogens is 2. The second-order valence-electron chi connectivity index (χ2n) is 6.23. The highest BCUT2D eigenvalue weighted by molar-refractivity contribution is 6.05. The van der Waals surface area contributed by atoms with E-state index in [0.717, 1.165) is 5.56 Å². The summed E-state index contributed by atoms with van der Waals surface area (Å²) in [6.07, 6.45) is 0. The van der Waals surface area contributed by atoms with E-state index in [4.69, 9.17) is 4.74 Å². The Bertz CT molecular complexity index is 1040. The number of ether oxygens (including phenoxy) is 1. The molecule has 1 N–H and O–H groups in total. The van der Waals surface area contributed by atoms with Gasteiger partial charge in [0.15, 0.2) is 5.78 Å². The molecule has 1 aromatic heterocycles. The Balaban J connectivity index is 2.20. The second-order valence-corrected chi connectivity index (χ2v) is 6.23. The minimum atomic E-state index is -0.339. The van der Waals surface area contributed by atoms with E-state index in [1.165, 1.54) is 11.6 Å². The minimum absolute atomic E-state index is 0.219. The molecule has 0 aliphatic heterocycles. The monoisotopic (exact) mass is 377 g/mol. The molecule has 3 aromatic rings. The van der Waals surface area contributed by atoms with Crippen LogP contribution in [0.5, 0.6) is 5.75 Å². The molecule has 0 bridgehead atoms. The van der Waals surface area contributed by atoms with Gasteiger partial charge in [-0.25, -0.2) is 4.68 Å². The number of benzene rings is 2. The molecule has 0 radical (unpaired) electrons. The van der Waals surface area contributed by atoms with Crippen LogP contribution in [0.2, 0.25) is 0 Å². The molecule has 0 spiro atoms. The fraction of sp³-hybridized carbons (Fsp3) is 0.227. The summed E-state index contributed by atoms with van der Waals surface area (Å²) in [7, 11) is 0. The van der Waals surface area contributed by atoms with E-state index in [1.54, 1.807) is 6.07 Å². The van der Waals surface area contributed by atoms with Crippen LogP contribution in [0, 0.1) is 0 Å². The van der Waals surface area contributed by atoms with Crippen molar-refractivity contribution in [2.75, 3.05) is 11.9 Å². The lowest BCUT2D eigenvalue weighted by molar-refractivity contribution is 0.101. The lowest BCUT2D eigenvalue weighted by atomic mass is 10.0. The van der Waals surface area contributed by atoms with Crippen molar-refractivity contribution in [2.24, 2.45) is 0 Å². The number of anilines is 2. The van der Waals surface area contributed by atoms with Crippen LogP contribution >= 0.6 is 0 Å². The van der Waals surface area contributed by atoms with Gasteiger partial charge in [0, 0.05) is 23.9 Å². The average Bonchev–Trinajstić information content (AvgIpc) is 2.70. The van der Waals surface area contributed by atoms with Gasteiger partial charge in [0.1, 0.15) is 17.1 Å². The molecule has 0 atom stereocenters. The fourth-order valence-electron chi connectivity index (χ4n) is 3.02. The lowest BCUT2D eigenvalue weighted by Crippen LogP contribution is -2.28. The molecule has 0 unspecified atom stereocenters. The van der Waals surface area contributed by atoms with E-state index in [1.807, 2.05) is 62.4 Å². The van der Waals surface area contributed by atoms with Crippen molar-refractivity contribution in [2.45, 2.75) is 27.3 Å². The lowest BCUT2D eigenvalue weighted by Gasteiger charge is -2.16. The number of ketones is 1. The molecule has 0 fully saturated rings. The molecule has 28 heavy (non-hydrogen) atoms. The van der Waals surface area contributed by atoms with Crippen molar-refractivity contribution in [1.82, 2.24) is 9.78 Å². The quantitative estimate of drug-likeness (QED) is 0.622. The normalized spacial score (nSPS) is 10.5. The van der Waals surface area contributed by atoms with E-state index in [9.17, 15) is 9.59 Å². The van der Waals surface area contributed by atoms with Gasteiger partial charge in [0.25, 0.3) is 5.56 Å². The van der Waals surface area contributed by atoms with Crippen LogP contribution in [0.4, 0.5) is 11.4 Å². The van der Waals surface area contributed by atoms with Crippen LogP contribution in [-0.4, -0.2) is 22.2 Å². The number of Topliss-reactive ketones (excluding diaryl/α,β-unsaturated/α-hetero) is 1. The number of nitrogens with one attached hydrogen (secondary N) is 1. The van der Waals surface area contributed by atoms with Gasteiger partial charge in [-0.3, -0.25) is 9.59 Å². The van der Waals surface area contributed by atoms with Crippen molar-refractivity contribution in [1.29, 1.82) is 0 Å². The maximum absolute atomic E-state index is 13.0. The molecule has 6 nitrogen and oxygen atoms in total. The van der Waals surface area contributed by atoms with Crippen molar-refractivity contribution in [3.05, 3.63) is 70.5 Å². The highest BCUT2D eigenvalue weighted by Gasteiger charge is 2.22. The van der Waals surface area contributed by atoms with Gasteiger partial charge in [-0.1, -0.05) is 36.4 Å². The van der Waals surface area contributed by atoms with Gasteiger partial charge in [0.2, 0.25) is 0 Å². The van der Waals surface area contributed by atoms with Crippen molar-refractivity contribution < 1.29 is 9.53 Å². The number of hydrogen-bond donors (Lipinski definition) is 1. The summed E-state index contributed by atoms with van der Waals surface area (Å²) in [6.45, 7) is 6.13. The number of aryl methyl sites for hydroxylation is 1. The third-order valence-electron chi connectivity index (χ3n) is 4.27. The molecule has 1 heterocycles. The molecule has 2 aromatic carbocycles. The van der Waals surface area contributed by atoms with E-state index < -0.39 is 0 Å². The topological polar surface area (TPSA) is 73.2 Å². The van der Waals surface area contributed by atoms with Crippen LogP contribution < -0.4 is 15.6 Å². The predicted molar refractivity (Wildman–Crippen MR) is 111 cm³/mol. The first kappa shape index (κ1) is 19.4. The highest BCUT2D eigenvalue weighted by Crippen LogP contribution is 2.28.